The lowest BCUT2D eigenvalue weighted by Crippen LogP contribution is -2.44. The van der Waals surface area contributed by atoms with Crippen molar-refractivity contribution in [2.75, 3.05) is 13.2 Å². The second kappa shape index (κ2) is 7.42. The van der Waals surface area contributed by atoms with Crippen molar-refractivity contribution in [1.82, 2.24) is 0 Å². The van der Waals surface area contributed by atoms with E-state index in [4.69, 9.17) is 10.2 Å². The monoisotopic (exact) mass is 231 g/mol. The standard InChI is InChI=1S/C12H29NOSi/c1-6-14-15(11(2)3,12(4)5)10-8-7-9-13/h11-12H,6-10,13H2,1-5H3. The second-order valence-electron chi connectivity index (χ2n) is 4.94. The van der Waals surface area contributed by atoms with Gasteiger partial charge in [-0.1, -0.05) is 34.1 Å². The molecule has 0 rings (SSSR count). The van der Waals surface area contributed by atoms with Crippen LogP contribution in [-0.4, -0.2) is 21.5 Å². The maximum absolute atomic E-state index is 6.20. The van der Waals surface area contributed by atoms with Gasteiger partial charge in [0, 0.05) is 6.61 Å². The van der Waals surface area contributed by atoms with Gasteiger partial charge in [0.1, 0.15) is 0 Å². The Kier molecular flexibility index (Phi) is 7.48. The summed E-state index contributed by atoms with van der Waals surface area (Å²) in [6.07, 6.45) is 2.38. The summed E-state index contributed by atoms with van der Waals surface area (Å²) in [6.45, 7) is 13.1. The minimum Gasteiger partial charge on any atom is -0.417 e. The van der Waals surface area contributed by atoms with Crippen molar-refractivity contribution < 1.29 is 4.43 Å². The molecule has 0 spiro atoms. The van der Waals surface area contributed by atoms with Crippen LogP contribution >= 0.6 is 0 Å². The van der Waals surface area contributed by atoms with Crippen molar-refractivity contribution >= 4 is 8.32 Å². The lowest BCUT2D eigenvalue weighted by atomic mass is 10.3. The quantitative estimate of drug-likeness (QED) is 0.512. The minimum atomic E-state index is -1.54. The topological polar surface area (TPSA) is 35.2 Å². The van der Waals surface area contributed by atoms with Gasteiger partial charge in [0.15, 0.2) is 8.32 Å². The summed E-state index contributed by atoms with van der Waals surface area (Å²) < 4.78 is 6.20. The molecule has 0 saturated heterocycles. The molecule has 92 valence electrons. The number of hydrogen-bond donors (Lipinski definition) is 1. The average Bonchev–Trinajstić information content (AvgIpc) is 2.15. The maximum Gasteiger partial charge on any atom is 0.197 e. The SMILES string of the molecule is CCO[Si](CCCCN)(C(C)C)C(C)C. The summed E-state index contributed by atoms with van der Waals surface area (Å²) in [4.78, 5) is 0. The predicted molar refractivity (Wildman–Crippen MR) is 70.7 cm³/mol. The van der Waals surface area contributed by atoms with E-state index >= 15 is 0 Å². The number of nitrogens with two attached hydrogens (primary N) is 1. The molecule has 0 amide bonds. The smallest absolute Gasteiger partial charge is 0.197 e. The zero-order valence-electron chi connectivity index (χ0n) is 11.2. The zero-order chi connectivity index (χ0) is 11.9. The Balaban J connectivity index is 4.48. The molecule has 0 radical (unpaired) electrons. The Labute approximate surface area is 96.7 Å². The number of hydrogen-bond acceptors (Lipinski definition) is 2. The van der Waals surface area contributed by atoms with Gasteiger partial charge in [-0.05, 0) is 37.0 Å². The lowest BCUT2D eigenvalue weighted by Gasteiger charge is -2.38. The molecule has 0 aromatic rings. The van der Waals surface area contributed by atoms with Crippen LogP contribution < -0.4 is 5.73 Å². The Hall–Kier alpha value is 0.137. The average molecular weight is 231 g/mol. The number of unbranched alkanes of at least 4 members (excludes halogenated alkanes) is 1. The summed E-state index contributed by atoms with van der Waals surface area (Å²) >= 11 is 0. The van der Waals surface area contributed by atoms with Crippen molar-refractivity contribution in [3.63, 3.8) is 0 Å². The zero-order valence-corrected chi connectivity index (χ0v) is 12.2. The van der Waals surface area contributed by atoms with E-state index in [2.05, 4.69) is 34.6 Å². The summed E-state index contributed by atoms with van der Waals surface area (Å²) in [5.74, 6) is 0. The van der Waals surface area contributed by atoms with E-state index in [9.17, 15) is 0 Å². The highest BCUT2D eigenvalue weighted by Gasteiger charge is 2.40. The van der Waals surface area contributed by atoms with Gasteiger partial charge in [-0.25, -0.2) is 0 Å². The van der Waals surface area contributed by atoms with Crippen LogP contribution in [0, 0.1) is 0 Å². The van der Waals surface area contributed by atoms with E-state index in [1.807, 2.05) is 0 Å². The van der Waals surface area contributed by atoms with Gasteiger partial charge in [0.05, 0.1) is 0 Å². The fourth-order valence-corrected chi connectivity index (χ4v) is 7.10. The first kappa shape index (κ1) is 15.1. The Bertz CT molecular complexity index is 152. The number of rotatable bonds is 8. The first-order valence-corrected chi connectivity index (χ1v) is 8.62. The molecule has 0 saturated carbocycles. The highest BCUT2D eigenvalue weighted by atomic mass is 28.4. The van der Waals surface area contributed by atoms with Crippen LogP contribution in [0.15, 0.2) is 0 Å². The first-order chi connectivity index (χ1) is 7.01. The molecule has 3 heteroatoms. The summed E-state index contributed by atoms with van der Waals surface area (Å²) in [6, 6.07) is 1.27. The van der Waals surface area contributed by atoms with Gasteiger partial charge in [-0.15, -0.1) is 0 Å². The van der Waals surface area contributed by atoms with Crippen molar-refractivity contribution in [2.24, 2.45) is 5.73 Å². The van der Waals surface area contributed by atoms with Crippen molar-refractivity contribution in [3.05, 3.63) is 0 Å². The Morgan fingerprint density at radius 1 is 1.07 bits per heavy atom. The molecule has 0 aromatic carbocycles. The summed E-state index contributed by atoms with van der Waals surface area (Å²) in [7, 11) is -1.54. The van der Waals surface area contributed by atoms with Crippen LogP contribution in [0.25, 0.3) is 0 Å². The third kappa shape index (κ3) is 4.25. The van der Waals surface area contributed by atoms with Crippen LogP contribution in [0.4, 0.5) is 0 Å². The van der Waals surface area contributed by atoms with E-state index in [1.165, 1.54) is 12.5 Å². The second-order valence-corrected chi connectivity index (χ2v) is 9.95. The molecule has 2 N–H and O–H groups in total. The highest BCUT2D eigenvalue weighted by molar-refractivity contribution is 6.76. The van der Waals surface area contributed by atoms with E-state index < -0.39 is 8.32 Å². The molecule has 0 aliphatic heterocycles. The third-order valence-electron chi connectivity index (χ3n) is 3.39. The summed E-state index contributed by atoms with van der Waals surface area (Å²) in [5, 5.41) is 0. The van der Waals surface area contributed by atoms with Gasteiger partial charge >= 0.3 is 0 Å². The molecule has 0 bridgehead atoms. The Morgan fingerprint density at radius 2 is 1.60 bits per heavy atom. The molecule has 0 aliphatic carbocycles. The van der Waals surface area contributed by atoms with Gasteiger partial charge < -0.3 is 10.2 Å². The molecule has 0 heterocycles. The van der Waals surface area contributed by atoms with Crippen LogP contribution in [0.3, 0.4) is 0 Å². The highest BCUT2D eigenvalue weighted by Crippen LogP contribution is 2.38. The molecule has 0 fully saturated rings. The molecule has 2 nitrogen and oxygen atoms in total. The molecule has 0 aromatic heterocycles. The minimum absolute atomic E-state index is 0.704. The van der Waals surface area contributed by atoms with E-state index in [1.54, 1.807) is 0 Å². The molecular formula is C12H29NOSi. The molecule has 0 aliphatic rings. The van der Waals surface area contributed by atoms with Crippen LogP contribution in [-0.2, 0) is 4.43 Å². The summed E-state index contributed by atoms with van der Waals surface area (Å²) in [5.41, 5.74) is 6.97. The predicted octanol–water partition coefficient (Wildman–Crippen LogP) is 3.53. The Morgan fingerprint density at radius 3 is 1.93 bits per heavy atom. The van der Waals surface area contributed by atoms with Crippen LogP contribution in [0.5, 0.6) is 0 Å². The van der Waals surface area contributed by atoms with Gasteiger partial charge in [0.25, 0.3) is 0 Å². The van der Waals surface area contributed by atoms with Crippen LogP contribution in [0.1, 0.15) is 47.5 Å². The molecule has 0 unspecified atom stereocenters. The van der Waals surface area contributed by atoms with Crippen molar-refractivity contribution in [1.29, 1.82) is 0 Å². The van der Waals surface area contributed by atoms with Gasteiger partial charge in [-0.3, -0.25) is 0 Å². The largest absolute Gasteiger partial charge is 0.417 e. The van der Waals surface area contributed by atoms with Crippen molar-refractivity contribution in [3.8, 4) is 0 Å². The van der Waals surface area contributed by atoms with E-state index in [0.29, 0.717) is 11.1 Å². The maximum atomic E-state index is 6.20. The van der Waals surface area contributed by atoms with Crippen molar-refractivity contribution in [2.45, 2.75) is 64.6 Å². The molecular weight excluding hydrogens is 202 g/mol. The molecule has 15 heavy (non-hydrogen) atoms. The van der Waals surface area contributed by atoms with E-state index in [0.717, 1.165) is 19.6 Å². The fourth-order valence-electron chi connectivity index (χ4n) is 2.46. The van der Waals surface area contributed by atoms with Gasteiger partial charge in [0.2, 0.25) is 0 Å². The van der Waals surface area contributed by atoms with Crippen LogP contribution in [0.2, 0.25) is 17.1 Å². The molecule has 0 atom stereocenters. The lowest BCUT2D eigenvalue weighted by molar-refractivity contribution is 0.302. The normalized spacial score (nSPS) is 12.8. The third-order valence-corrected chi connectivity index (χ3v) is 9.26. The van der Waals surface area contributed by atoms with E-state index in [-0.39, 0.29) is 0 Å². The fraction of sp³-hybridized carbons (Fsp3) is 1.00. The van der Waals surface area contributed by atoms with Gasteiger partial charge in [-0.2, -0.15) is 0 Å². The first-order valence-electron chi connectivity index (χ1n) is 6.35.